The first-order chi connectivity index (χ1) is 14.7. The molecule has 1 atom stereocenters. The number of unbranched alkanes of at least 4 members (excludes halogenated alkanes) is 1. The minimum Gasteiger partial charge on any atom is -0.507 e. The third-order valence-corrected chi connectivity index (χ3v) is 7.54. The van der Waals surface area contributed by atoms with Crippen molar-refractivity contribution in [1.82, 2.24) is 10.6 Å². The van der Waals surface area contributed by atoms with Gasteiger partial charge in [0.05, 0.1) is 32.0 Å². The normalized spacial score (nSPS) is 15.8. The number of carbonyl (C=O) groups excluding carboxylic acids is 2. The van der Waals surface area contributed by atoms with Crippen LogP contribution in [0.4, 0.5) is 0 Å². The van der Waals surface area contributed by atoms with E-state index in [1.807, 2.05) is 21.6 Å². The van der Waals surface area contributed by atoms with Crippen molar-refractivity contribution < 1.29 is 24.2 Å². The van der Waals surface area contributed by atoms with Crippen LogP contribution in [0.15, 0.2) is 24.3 Å². The lowest BCUT2D eigenvalue weighted by Crippen LogP contribution is -2.28. The molecule has 0 radical (unpaired) electrons. The molecule has 30 heavy (non-hydrogen) atoms. The fourth-order valence-electron chi connectivity index (χ4n) is 2.89. The number of amides is 2. The van der Waals surface area contributed by atoms with Gasteiger partial charge in [0.15, 0.2) is 0 Å². The van der Waals surface area contributed by atoms with E-state index in [9.17, 15) is 14.7 Å². The molecule has 168 valence electrons. The lowest BCUT2D eigenvalue weighted by molar-refractivity contribution is -0.121. The van der Waals surface area contributed by atoms with Crippen molar-refractivity contribution in [2.45, 2.75) is 37.4 Å². The fourth-order valence-corrected chi connectivity index (χ4v) is 5.92. The Morgan fingerprint density at radius 2 is 1.77 bits per heavy atom. The first kappa shape index (κ1) is 24.8. The topological polar surface area (TPSA) is 96.9 Å². The summed E-state index contributed by atoms with van der Waals surface area (Å²) in [6.45, 7) is 2.51. The zero-order valence-electron chi connectivity index (χ0n) is 17.3. The fraction of sp³-hybridized carbons (Fsp3) is 0.619. The smallest absolute Gasteiger partial charge is 0.255 e. The van der Waals surface area contributed by atoms with Gasteiger partial charge in [-0.05, 0) is 31.4 Å². The summed E-state index contributed by atoms with van der Waals surface area (Å²) in [6, 6.07) is 6.39. The maximum Gasteiger partial charge on any atom is 0.255 e. The van der Waals surface area contributed by atoms with Crippen molar-refractivity contribution in [3.63, 3.8) is 0 Å². The second-order valence-corrected chi connectivity index (χ2v) is 9.71. The molecule has 1 aliphatic heterocycles. The van der Waals surface area contributed by atoms with Crippen LogP contribution in [0.3, 0.4) is 0 Å². The van der Waals surface area contributed by atoms with Crippen molar-refractivity contribution in [2.24, 2.45) is 0 Å². The van der Waals surface area contributed by atoms with Crippen molar-refractivity contribution in [3.8, 4) is 5.75 Å². The third kappa shape index (κ3) is 10.6. The highest BCUT2D eigenvalue weighted by Gasteiger charge is 2.15. The van der Waals surface area contributed by atoms with Gasteiger partial charge in [0, 0.05) is 30.5 Å². The van der Waals surface area contributed by atoms with E-state index in [-0.39, 0.29) is 23.1 Å². The highest BCUT2D eigenvalue weighted by Crippen LogP contribution is 2.39. The van der Waals surface area contributed by atoms with E-state index in [0.29, 0.717) is 45.9 Å². The van der Waals surface area contributed by atoms with Gasteiger partial charge in [-0.2, -0.15) is 0 Å². The zero-order chi connectivity index (χ0) is 21.4. The number of para-hydroxylation sites is 1. The summed E-state index contributed by atoms with van der Waals surface area (Å²) in [5, 5.41) is 16.0. The van der Waals surface area contributed by atoms with Gasteiger partial charge in [0.1, 0.15) is 5.75 Å². The molecule has 1 aromatic rings. The summed E-state index contributed by atoms with van der Waals surface area (Å²) in [7, 11) is 3.95. The minimum atomic E-state index is -0.333. The van der Waals surface area contributed by atoms with Gasteiger partial charge in [0.25, 0.3) is 5.91 Å². The molecule has 1 aromatic carbocycles. The SMILES string of the molecule is O=C(CCCCC1CCSS1)NCCOCCOCCNC(=O)c1ccccc1O. The van der Waals surface area contributed by atoms with Gasteiger partial charge in [-0.15, -0.1) is 0 Å². The molecule has 0 bridgehead atoms. The van der Waals surface area contributed by atoms with E-state index in [1.165, 1.54) is 24.7 Å². The predicted octanol–water partition coefficient (Wildman–Crippen LogP) is 2.99. The van der Waals surface area contributed by atoms with Crippen LogP contribution in [-0.4, -0.2) is 67.4 Å². The van der Waals surface area contributed by atoms with Crippen LogP contribution < -0.4 is 10.6 Å². The van der Waals surface area contributed by atoms with Crippen LogP contribution in [-0.2, 0) is 14.3 Å². The van der Waals surface area contributed by atoms with E-state index >= 15 is 0 Å². The molecular formula is C21H32N2O5S2. The van der Waals surface area contributed by atoms with Gasteiger partial charge < -0.3 is 25.2 Å². The summed E-state index contributed by atoms with van der Waals surface area (Å²) in [4.78, 5) is 23.7. The summed E-state index contributed by atoms with van der Waals surface area (Å²) in [6.07, 6.45) is 5.16. The summed E-state index contributed by atoms with van der Waals surface area (Å²) >= 11 is 0. The highest BCUT2D eigenvalue weighted by molar-refractivity contribution is 8.77. The summed E-state index contributed by atoms with van der Waals surface area (Å²) in [5.74, 6) is 0.972. The van der Waals surface area contributed by atoms with E-state index in [4.69, 9.17) is 9.47 Å². The molecule has 1 aliphatic rings. The van der Waals surface area contributed by atoms with Gasteiger partial charge in [-0.1, -0.05) is 40.1 Å². The molecule has 0 aliphatic carbocycles. The minimum absolute atomic E-state index is 0.0428. The van der Waals surface area contributed by atoms with E-state index < -0.39 is 0 Å². The number of carbonyl (C=O) groups is 2. The van der Waals surface area contributed by atoms with Crippen molar-refractivity contribution in [3.05, 3.63) is 29.8 Å². The molecule has 2 rings (SSSR count). The molecular weight excluding hydrogens is 424 g/mol. The van der Waals surface area contributed by atoms with Crippen molar-refractivity contribution in [2.75, 3.05) is 45.3 Å². The van der Waals surface area contributed by atoms with Crippen LogP contribution in [0.25, 0.3) is 0 Å². The Balaban J connectivity index is 1.34. The van der Waals surface area contributed by atoms with Crippen LogP contribution >= 0.6 is 21.6 Å². The summed E-state index contributed by atoms with van der Waals surface area (Å²) in [5.41, 5.74) is 0.245. The molecule has 1 unspecified atom stereocenters. The second kappa shape index (κ2) is 15.4. The first-order valence-corrected chi connectivity index (χ1v) is 12.8. The largest absolute Gasteiger partial charge is 0.507 e. The maximum absolute atomic E-state index is 11.9. The molecule has 1 fully saturated rings. The second-order valence-electron chi connectivity index (χ2n) is 6.92. The Labute approximate surface area is 186 Å². The number of nitrogens with one attached hydrogen (secondary N) is 2. The lowest BCUT2D eigenvalue weighted by atomic mass is 10.1. The Bertz CT molecular complexity index is 642. The van der Waals surface area contributed by atoms with Gasteiger partial charge in [-0.3, -0.25) is 9.59 Å². The average molecular weight is 457 g/mol. The predicted molar refractivity (Wildman–Crippen MR) is 122 cm³/mol. The molecule has 1 saturated heterocycles. The van der Waals surface area contributed by atoms with Crippen molar-refractivity contribution in [1.29, 1.82) is 0 Å². The van der Waals surface area contributed by atoms with Gasteiger partial charge in [-0.25, -0.2) is 0 Å². The molecule has 1 heterocycles. The van der Waals surface area contributed by atoms with Crippen LogP contribution in [0, 0.1) is 0 Å². The standard InChI is InChI=1S/C21H32N2O5S2/c24-19-7-3-2-6-18(19)21(26)23-11-13-28-15-14-27-12-10-22-20(25)8-4-1-5-17-9-16-29-30-17/h2-3,6-7,17,24H,1,4-5,8-16H2,(H,22,25)(H,23,26). The number of ether oxygens (including phenoxy) is 2. The third-order valence-electron chi connectivity index (χ3n) is 4.53. The van der Waals surface area contributed by atoms with Crippen molar-refractivity contribution >= 4 is 33.4 Å². The number of benzene rings is 1. The van der Waals surface area contributed by atoms with Crippen LogP contribution in [0.5, 0.6) is 5.75 Å². The first-order valence-electron chi connectivity index (χ1n) is 10.4. The number of phenolic OH excluding ortho intramolecular Hbond substituents is 1. The Kier molecular flexibility index (Phi) is 12.7. The number of phenols is 1. The molecule has 0 spiro atoms. The molecule has 0 aromatic heterocycles. The Morgan fingerprint density at radius 1 is 1.03 bits per heavy atom. The Morgan fingerprint density at radius 3 is 2.47 bits per heavy atom. The summed E-state index contributed by atoms with van der Waals surface area (Å²) < 4.78 is 10.8. The number of hydrogen-bond acceptors (Lipinski definition) is 7. The highest BCUT2D eigenvalue weighted by atomic mass is 33.1. The molecule has 0 saturated carbocycles. The Hall–Kier alpha value is -1.42. The lowest BCUT2D eigenvalue weighted by Gasteiger charge is -2.09. The number of aromatic hydroxyl groups is 1. The number of hydrogen-bond donors (Lipinski definition) is 3. The zero-order valence-corrected chi connectivity index (χ0v) is 18.9. The maximum atomic E-state index is 11.9. The van der Waals surface area contributed by atoms with Gasteiger partial charge >= 0.3 is 0 Å². The van der Waals surface area contributed by atoms with E-state index in [1.54, 1.807) is 18.2 Å². The average Bonchev–Trinajstić information content (AvgIpc) is 3.26. The van der Waals surface area contributed by atoms with E-state index in [0.717, 1.165) is 18.1 Å². The molecule has 7 nitrogen and oxygen atoms in total. The quantitative estimate of drug-likeness (QED) is 0.276. The van der Waals surface area contributed by atoms with Crippen LogP contribution in [0.1, 0.15) is 42.5 Å². The molecule has 3 N–H and O–H groups in total. The molecule has 2 amide bonds. The monoisotopic (exact) mass is 456 g/mol. The van der Waals surface area contributed by atoms with Crippen LogP contribution in [0.2, 0.25) is 0 Å². The number of rotatable bonds is 15. The van der Waals surface area contributed by atoms with E-state index in [2.05, 4.69) is 10.6 Å². The molecule has 9 heteroatoms. The van der Waals surface area contributed by atoms with Gasteiger partial charge in [0.2, 0.25) is 5.91 Å².